The van der Waals surface area contributed by atoms with Gasteiger partial charge in [-0.05, 0) is 32.0 Å². The largest absolute Gasteiger partial charge is 0.497 e. The van der Waals surface area contributed by atoms with Crippen LogP contribution in [0.1, 0.15) is 12.1 Å². The molecule has 0 amide bonds. The van der Waals surface area contributed by atoms with Crippen molar-refractivity contribution < 1.29 is 4.74 Å². The summed E-state index contributed by atoms with van der Waals surface area (Å²) >= 11 is 0. The van der Waals surface area contributed by atoms with Crippen molar-refractivity contribution in [2.75, 3.05) is 25.5 Å². The first-order chi connectivity index (χ1) is 9.26. The highest BCUT2D eigenvalue weighted by molar-refractivity contribution is 5.50. The molecule has 0 fully saturated rings. The van der Waals surface area contributed by atoms with E-state index in [2.05, 4.69) is 10.4 Å². The first-order valence-electron chi connectivity index (χ1n) is 6.39. The van der Waals surface area contributed by atoms with E-state index in [0.29, 0.717) is 6.54 Å². The van der Waals surface area contributed by atoms with Crippen molar-refractivity contribution in [2.45, 2.75) is 13.3 Å². The predicted octanol–water partition coefficient (Wildman–Crippen LogP) is 1.95. The zero-order chi connectivity index (χ0) is 13.7. The Morgan fingerprint density at radius 1 is 1.42 bits per heavy atom. The topological polar surface area (TPSA) is 65.1 Å². The first-order valence-corrected chi connectivity index (χ1v) is 6.39. The van der Waals surface area contributed by atoms with Crippen LogP contribution in [0, 0.1) is 6.92 Å². The van der Waals surface area contributed by atoms with E-state index in [9.17, 15) is 0 Å². The highest BCUT2D eigenvalue weighted by Gasteiger charge is 2.08. The minimum absolute atomic E-state index is 0.691. The van der Waals surface area contributed by atoms with Crippen LogP contribution in [0.5, 0.6) is 5.75 Å². The van der Waals surface area contributed by atoms with Crippen LogP contribution in [0.3, 0.4) is 0 Å². The zero-order valence-corrected chi connectivity index (χ0v) is 11.4. The van der Waals surface area contributed by atoms with E-state index in [1.807, 2.05) is 42.1 Å². The molecular weight excluding hydrogens is 240 g/mol. The Hall–Kier alpha value is -2.01. The van der Waals surface area contributed by atoms with Gasteiger partial charge in [0.05, 0.1) is 30.4 Å². The Morgan fingerprint density at radius 3 is 3.00 bits per heavy atom. The third-order valence-corrected chi connectivity index (χ3v) is 3.00. The van der Waals surface area contributed by atoms with Gasteiger partial charge in [-0.25, -0.2) is 4.68 Å². The molecule has 0 atom stereocenters. The van der Waals surface area contributed by atoms with Gasteiger partial charge in [0.2, 0.25) is 0 Å². The number of rotatable bonds is 6. The number of hydrogen-bond acceptors (Lipinski definition) is 4. The molecule has 5 heteroatoms. The summed E-state index contributed by atoms with van der Waals surface area (Å²) in [5, 5.41) is 7.75. The molecule has 5 nitrogen and oxygen atoms in total. The molecule has 0 aliphatic heterocycles. The molecule has 102 valence electrons. The number of benzene rings is 1. The summed E-state index contributed by atoms with van der Waals surface area (Å²) in [5.41, 5.74) is 8.59. The van der Waals surface area contributed by atoms with Gasteiger partial charge >= 0.3 is 0 Å². The summed E-state index contributed by atoms with van der Waals surface area (Å²) in [7, 11) is 1.66. The van der Waals surface area contributed by atoms with Gasteiger partial charge in [0.15, 0.2) is 0 Å². The summed E-state index contributed by atoms with van der Waals surface area (Å²) in [6.45, 7) is 3.59. The minimum atomic E-state index is 0.691. The predicted molar refractivity (Wildman–Crippen MR) is 77.0 cm³/mol. The van der Waals surface area contributed by atoms with Gasteiger partial charge in [-0.3, -0.25) is 0 Å². The van der Waals surface area contributed by atoms with E-state index < -0.39 is 0 Å². The van der Waals surface area contributed by atoms with Gasteiger partial charge in [0.1, 0.15) is 5.75 Å². The molecule has 0 aliphatic carbocycles. The normalized spacial score (nSPS) is 10.5. The average Bonchev–Trinajstić information content (AvgIpc) is 2.81. The molecule has 1 heterocycles. The Balaban J connectivity index is 2.20. The van der Waals surface area contributed by atoms with E-state index in [-0.39, 0.29) is 0 Å². The van der Waals surface area contributed by atoms with Crippen LogP contribution in [0.2, 0.25) is 0 Å². The second-order valence-electron chi connectivity index (χ2n) is 4.33. The van der Waals surface area contributed by atoms with Crippen molar-refractivity contribution in [1.29, 1.82) is 0 Å². The zero-order valence-electron chi connectivity index (χ0n) is 11.4. The molecule has 3 N–H and O–H groups in total. The van der Waals surface area contributed by atoms with Crippen molar-refractivity contribution in [3.8, 4) is 11.4 Å². The summed E-state index contributed by atoms with van der Waals surface area (Å²) in [4.78, 5) is 0. The number of nitrogens with one attached hydrogen (secondary N) is 1. The Bertz CT molecular complexity index is 536. The summed E-state index contributed by atoms with van der Waals surface area (Å²) in [6.07, 6.45) is 2.79. The fraction of sp³-hybridized carbons (Fsp3) is 0.357. The van der Waals surface area contributed by atoms with Crippen LogP contribution in [0.4, 0.5) is 5.69 Å². The maximum atomic E-state index is 5.48. The molecule has 0 saturated heterocycles. The number of ether oxygens (including phenoxy) is 1. The SMILES string of the molecule is COc1cccc(-n2ncc(NCCCN)c2C)c1. The van der Waals surface area contributed by atoms with Crippen LogP contribution in [0.15, 0.2) is 30.5 Å². The number of nitrogens with two attached hydrogens (primary N) is 1. The molecule has 19 heavy (non-hydrogen) atoms. The average molecular weight is 260 g/mol. The van der Waals surface area contributed by atoms with Crippen molar-refractivity contribution in [3.63, 3.8) is 0 Å². The monoisotopic (exact) mass is 260 g/mol. The van der Waals surface area contributed by atoms with Crippen LogP contribution in [-0.2, 0) is 0 Å². The lowest BCUT2D eigenvalue weighted by atomic mass is 10.3. The van der Waals surface area contributed by atoms with Gasteiger partial charge in [-0.2, -0.15) is 5.10 Å². The van der Waals surface area contributed by atoms with Gasteiger partial charge in [0, 0.05) is 12.6 Å². The van der Waals surface area contributed by atoms with E-state index in [0.717, 1.165) is 35.8 Å². The lowest BCUT2D eigenvalue weighted by Gasteiger charge is -2.08. The highest BCUT2D eigenvalue weighted by atomic mass is 16.5. The Labute approximate surface area is 113 Å². The highest BCUT2D eigenvalue weighted by Crippen LogP contribution is 2.21. The van der Waals surface area contributed by atoms with E-state index >= 15 is 0 Å². The molecule has 2 rings (SSSR count). The second kappa shape index (κ2) is 6.24. The van der Waals surface area contributed by atoms with Gasteiger partial charge in [0.25, 0.3) is 0 Å². The minimum Gasteiger partial charge on any atom is -0.497 e. The lowest BCUT2D eigenvalue weighted by molar-refractivity contribution is 0.414. The molecule has 0 bridgehead atoms. The fourth-order valence-electron chi connectivity index (χ4n) is 1.91. The maximum Gasteiger partial charge on any atom is 0.121 e. The molecule has 1 aromatic carbocycles. The number of methoxy groups -OCH3 is 1. The summed E-state index contributed by atoms with van der Waals surface area (Å²) in [6, 6.07) is 7.84. The number of hydrogen-bond donors (Lipinski definition) is 2. The van der Waals surface area contributed by atoms with Crippen LogP contribution in [-0.4, -0.2) is 30.0 Å². The third-order valence-electron chi connectivity index (χ3n) is 3.00. The molecule has 0 aliphatic rings. The van der Waals surface area contributed by atoms with Crippen LogP contribution >= 0.6 is 0 Å². The summed E-state index contributed by atoms with van der Waals surface area (Å²) in [5.74, 6) is 0.824. The van der Waals surface area contributed by atoms with E-state index in [1.165, 1.54) is 0 Å². The molecule has 2 aromatic rings. The second-order valence-corrected chi connectivity index (χ2v) is 4.33. The van der Waals surface area contributed by atoms with Crippen molar-refractivity contribution in [1.82, 2.24) is 9.78 Å². The van der Waals surface area contributed by atoms with Gasteiger partial charge in [-0.1, -0.05) is 6.07 Å². The van der Waals surface area contributed by atoms with Gasteiger partial charge < -0.3 is 15.8 Å². The smallest absolute Gasteiger partial charge is 0.121 e. The maximum absolute atomic E-state index is 5.48. The Kier molecular flexibility index (Phi) is 4.41. The lowest BCUT2D eigenvalue weighted by Crippen LogP contribution is -2.09. The molecular formula is C14H20N4O. The number of aromatic nitrogens is 2. The molecule has 0 unspecified atom stereocenters. The van der Waals surface area contributed by atoms with E-state index in [4.69, 9.17) is 10.5 Å². The fourth-order valence-corrected chi connectivity index (χ4v) is 1.91. The molecule has 1 aromatic heterocycles. The first kappa shape index (κ1) is 13.4. The third kappa shape index (κ3) is 3.06. The number of nitrogens with zero attached hydrogens (tertiary/aromatic N) is 2. The quantitative estimate of drug-likeness (QED) is 0.779. The molecule has 0 saturated carbocycles. The standard InChI is InChI=1S/C14H20N4O/c1-11-14(16-8-4-7-15)10-17-18(11)12-5-3-6-13(9-12)19-2/h3,5-6,9-10,16H,4,7-8,15H2,1-2H3. The molecule has 0 radical (unpaired) electrons. The summed E-state index contributed by atoms with van der Waals surface area (Å²) < 4.78 is 7.13. The van der Waals surface area contributed by atoms with Crippen LogP contribution < -0.4 is 15.8 Å². The van der Waals surface area contributed by atoms with E-state index in [1.54, 1.807) is 7.11 Å². The number of anilines is 1. The van der Waals surface area contributed by atoms with Crippen LogP contribution in [0.25, 0.3) is 5.69 Å². The van der Waals surface area contributed by atoms with Crippen molar-refractivity contribution in [3.05, 3.63) is 36.2 Å². The molecule has 0 spiro atoms. The van der Waals surface area contributed by atoms with Crippen molar-refractivity contribution >= 4 is 5.69 Å². The van der Waals surface area contributed by atoms with Crippen molar-refractivity contribution in [2.24, 2.45) is 5.73 Å². The Morgan fingerprint density at radius 2 is 2.26 bits per heavy atom. The van der Waals surface area contributed by atoms with Gasteiger partial charge in [-0.15, -0.1) is 0 Å².